The highest BCUT2D eigenvalue weighted by molar-refractivity contribution is 8.00. The van der Waals surface area contributed by atoms with Crippen molar-refractivity contribution in [3.8, 4) is 0 Å². The number of anilines is 1. The van der Waals surface area contributed by atoms with E-state index in [0.29, 0.717) is 16.7 Å². The van der Waals surface area contributed by atoms with Gasteiger partial charge in [-0.15, -0.1) is 11.8 Å². The fourth-order valence-corrected chi connectivity index (χ4v) is 6.13. The summed E-state index contributed by atoms with van der Waals surface area (Å²) in [6.45, 7) is 1.87. The van der Waals surface area contributed by atoms with Gasteiger partial charge in [-0.25, -0.2) is 4.57 Å². The molecule has 5 heterocycles. The van der Waals surface area contributed by atoms with Crippen LogP contribution in [0.5, 0.6) is 0 Å². The molecule has 2 aliphatic heterocycles. The Hall–Kier alpha value is -4.58. The van der Waals surface area contributed by atoms with Crippen molar-refractivity contribution in [2.24, 2.45) is 10.9 Å². The average Bonchev–Trinajstić information content (AvgIpc) is 3.53. The van der Waals surface area contributed by atoms with Crippen LogP contribution in [0.3, 0.4) is 0 Å². The number of rotatable bonds is 10. The number of hydrogen-bond donors (Lipinski definition) is 3. The van der Waals surface area contributed by atoms with Gasteiger partial charge in [-0.3, -0.25) is 23.9 Å². The van der Waals surface area contributed by atoms with Gasteiger partial charge in [0.15, 0.2) is 5.13 Å². The summed E-state index contributed by atoms with van der Waals surface area (Å²) in [6, 6.07) is 2.45. The summed E-state index contributed by atoms with van der Waals surface area (Å²) in [4.78, 5) is 64.1. The zero-order chi connectivity index (χ0) is 28.6. The van der Waals surface area contributed by atoms with Gasteiger partial charge in [0.25, 0.3) is 11.8 Å². The number of nitrogens with zero attached hydrogens (tertiary/aromatic N) is 7. The Morgan fingerprint density at radius 1 is 1.38 bits per heavy atom. The standard InChI is InChI=1S/C22H22N10O6S2/c1-2-38-28-13(16-27-22(24)40-29-16)18(34)26-14-19(35)32-15(21(36)37)10(8-39-20(14)32)6-30-5-3-4-11-17(30)25-9-31(11)7-12(23)33/h3-5,9,14,20H,2,6-8H2,1H3,(H5-,23,24,26,27,29,33,34,36,37)/b28-13-. The Kier molecular flexibility index (Phi) is 7.35. The largest absolute Gasteiger partial charge is 0.543 e. The first kappa shape index (κ1) is 27.0. The number of carboxylic acid groups (broad SMARTS) is 1. The average molecular weight is 587 g/mol. The molecule has 0 bridgehead atoms. The van der Waals surface area contributed by atoms with Gasteiger partial charge in [0.05, 0.1) is 17.9 Å². The molecular weight excluding hydrogens is 564 g/mol. The van der Waals surface area contributed by atoms with E-state index >= 15 is 0 Å². The molecule has 40 heavy (non-hydrogen) atoms. The second-order valence-electron chi connectivity index (χ2n) is 8.60. The number of aromatic nitrogens is 5. The highest BCUT2D eigenvalue weighted by atomic mass is 32.2. The maximum atomic E-state index is 13.1. The van der Waals surface area contributed by atoms with E-state index in [1.165, 1.54) is 18.1 Å². The molecule has 18 heteroatoms. The summed E-state index contributed by atoms with van der Waals surface area (Å²) in [5, 5.41) is 18.0. The van der Waals surface area contributed by atoms with Crippen molar-refractivity contribution in [3.05, 3.63) is 41.8 Å². The number of thioether (sulfide) groups is 1. The molecular formula is C22H22N10O6S2. The molecule has 0 aromatic carbocycles. The predicted octanol–water partition coefficient (Wildman–Crippen LogP) is -2.91. The number of amides is 3. The van der Waals surface area contributed by atoms with E-state index in [2.05, 4.69) is 24.8 Å². The number of β-lactam (4-membered cyclic amide) rings is 1. The van der Waals surface area contributed by atoms with Crippen LogP contribution in [0.1, 0.15) is 12.7 Å². The van der Waals surface area contributed by atoms with Gasteiger partial charge < -0.3 is 31.5 Å². The fraction of sp³-hybridized carbons (Fsp3) is 0.318. The van der Waals surface area contributed by atoms with Crippen LogP contribution in [0.25, 0.3) is 11.2 Å². The lowest BCUT2D eigenvalue weighted by Gasteiger charge is -2.50. The minimum atomic E-state index is -1.52. The number of imidazole rings is 1. The van der Waals surface area contributed by atoms with Crippen LogP contribution in [0.2, 0.25) is 0 Å². The van der Waals surface area contributed by atoms with Gasteiger partial charge in [0, 0.05) is 22.9 Å². The molecule has 208 valence electrons. The zero-order valence-corrected chi connectivity index (χ0v) is 22.5. The number of hydrogen-bond acceptors (Lipinski definition) is 13. The van der Waals surface area contributed by atoms with Gasteiger partial charge in [0.1, 0.15) is 36.6 Å². The van der Waals surface area contributed by atoms with Crippen molar-refractivity contribution in [1.82, 2.24) is 29.1 Å². The first-order valence-corrected chi connectivity index (χ1v) is 13.6. The van der Waals surface area contributed by atoms with E-state index < -0.39 is 35.1 Å². The first-order chi connectivity index (χ1) is 19.2. The second-order valence-corrected chi connectivity index (χ2v) is 10.5. The summed E-state index contributed by atoms with van der Waals surface area (Å²) >= 11 is 2.15. The number of oxime groups is 1. The highest BCUT2D eigenvalue weighted by Crippen LogP contribution is 2.40. The van der Waals surface area contributed by atoms with Crippen molar-refractivity contribution in [1.29, 1.82) is 0 Å². The van der Waals surface area contributed by atoms with Crippen molar-refractivity contribution in [2.75, 3.05) is 18.1 Å². The Bertz CT molecular complexity index is 1600. The molecule has 1 fully saturated rings. The molecule has 5 N–H and O–H groups in total. The van der Waals surface area contributed by atoms with Crippen LogP contribution in [0.15, 0.2) is 41.1 Å². The number of aliphatic carboxylic acids is 1. The minimum Gasteiger partial charge on any atom is -0.543 e. The molecule has 5 rings (SSSR count). The van der Waals surface area contributed by atoms with Crippen molar-refractivity contribution in [2.45, 2.75) is 31.4 Å². The van der Waals surface area contributed by atoms with Crippen LogP contribution in [-0.4, -0.2) is 77.0 Å². The second kappa shape index (κ2) is 10.9. The monoisotopic (exact) mass is 586 g/mol. The Labute approximate surface area is 233 Å². The van der Waals surface area contributed by atoms with E-state index in [9.17, 15) is 24.3 Å². The lowest BCUT2D eigenvalue weighted by atomic mass is 10.0. The third-order valence-corrected chi connectivity index (χ3v) is 7.90. The number of nitrogen functional groups attached to an aromatic ring is 1. The summed E-state index contributed by atoms with van der Waals surface area (Å²) in [5.74, 6) is -3.28. The highest BCUT2D eigenvalue weighted by Gasteiger charge is 2.53. The molecule has 0 radical (unpaired) electrons. The lowest BCUT2D eigenvalue weighted by molar-refractivity contribution is -0.664. The van der Waals surface area contributed by atoms with Crippen LogP contribution < -0.4 is 26.5 Å². The van der Waals surface area contributed by atoms with E-state index in [0.717, 1.165) is 16.4 Å². The van der Waals surface area contributed by atoms with Crippen LogP contribution in [0.4, 0.5) is 5.13 Å². The molecule has 0 saturated carbocycles. The van der Waals surface area contributed by atoms with Crippen molar-refractivity contribution in [3.63, 3.8) is 0 Å². The molecule has 0 aliphatic carbocycles. The number of carbonyl (C=O) groups excluding carboxylic acids is 4. The third kappa shape index (κ3) is 4.93. The number of nitrogens with one attached hydrogen (secondary N) is 1. The summed E-state index contributed by atoms with van der Waals surface area (Å²) in [7, 11) is 0. The summed E-state index contributed by atoms with van der Waals surface area (Å²) in [5.41, 5.74) is 11.9. The number of pyridine rings is 1. The number of fused-ring (bicyclic) bond motifs is 2. The van der Waals surface area contributed by atoms with Crippen LogP contribution in [-0.2, 0) is 37.1 Å². The Balaban J connectivity index is 1.38. The minimum absolute atomic E-state index is 0.0598. The topological polar surface area (TPSA) is 228 Å². The van der Waals surface area contributed by atoms with E-state index in [1.807, 2.05) is 0 Å². The molecule has 2 aliphatic rings. The van der Waals surface area contributed by atoms with E-state index in [-0.39, 0.29) is 47.8 Å². The van der Waals surface area contributed by atoms with Crippen molar-refractivity contribution < 1.29 is 33.7 Å². The zero-order valence-electron chi connectivity index (χ0n) is 20.8. The first-order valence-electron chi connectivity index (χ1n) is 11.8. The smallest absolute Gasteiger partial charge is 0.349 e. The number of primary amides is 1. The van der Waals surface area contributed by atoms with Crippen LogP contribution in [0, 0.1) is 0 Å². The third-order valence-electron chi connectivity index (χ3n) is 6.02. The lowest BCUT2D eigenvalue weighted by Crippen LogP contribution is -2.71. The molecule has 3 aromatic rings. The normalized spacial score (nSPS) is 18.9. The van der Waals surface area contributed by atoms with Crippen LogP contribution >= 0.6 is 23.3 Å². The molecule has 2 atom stereocenters. The van der Waals surface area contributed by atoms with E-state index in [4.69, 9.17) is 16.3 Å². The number of carbonyl (C=O) groups is 4. The van der Waals surface area contributed by atoms with Gasteiger partial charge in [-0.1, -0.05) is 5.16 Å². The Morgan fingerprint density at radius 2 is 2.17 bits per heavy atom. The molecule has 3 aromatic heterocycles. The van der Waals surface area contributed by atoms with Gasteiger partial charge in [-0.2, -0.15) is 9.36 Å². The molecule has 2 unspecified atom stereocenters. The molecule has 1 saturated heterocycles. The molecule has 0 spiro atoms. The summed E-state index contributed by atoms with van der Waals surface area (Å²) in [6.07, 6.45) is 3.18. The summed E-state index contributed by atoms with van der Waals surface area (Å²) < 4.78 is 7.26. The molecule has 16 nitrogen and oxygen atoms in total. The number of carboxylic acids is 1. The molecule has 3 amide bonds. The Morgan fingerprint density at radius 3 is 2.85 bits per heavy atom. The number of nitrogens with two attached hydrogens (primary N) is 2. The van der Waals surface area contributed by atoms with Crippen molar-refractivity contribution >= 4 is 69.0 Å². The maximum Gasteiger partial charge on any atom is 0.349 e. The SMILES string of the molecule is CCO/N=C(\C(=O)NC1C(=O)N2C(C(=O)[O-])=C(C[n+]3cccc4c3ncn4CC(N)=O)CSC12)c1nsc(N)n1. The van der Waals surface area contributed by atoms with Gasteiger partial charge in [0.2, 0.25) is 23.8 Å². The van der Waals surface area contributed by atoms with Gasteiger partial charge in [-0.05, 0) is 24.0 Å². The van der Waals surface area contributed by atoms with E-state index in [1.54, 1.807) is 34.4 Å². The quantitative estimate of drug-likeness (QED) is 0.0943. The van der Waals surface area contributed by atoms with Gasteiger partial charge >= 0.3 is 5.65 Å². The maximum absolute atomic E-state index is 13.1. The predicted molar refractivity (Wildman–Crippen MR) is 139 cm³/mol. The fourth-order valence-electron chi connectivity index (χ4n) is 4.36.